The Bertz CT molecular complexity index is 1160. The van der Waals surface area contributed by atoms with Crippen molar-refractivity contribution in [1.82, 2.24) is 15.0 Å². The molecule has 3 aliphatic carbocycles. The van der Waals surface area contributed by atoms with E-state index in [1.807, 2.05) is 13.2 Å². The minimum atomic E-state index is -0.0685. The third-order valence-electron chi connectivity index (χ3n) is 11.0. The van der Waals surface area contributed by atoms with Crippen molar-refractivity contribution < 1.29 is 19.0 Å². The Labute approximate surface area is 234 Å². The number of rotatable bonds is 7. The smallest absolute Gasteiger partial charge is 0.157 e. The normalized spacial score (nSPS) is 32.8. The molecule has 5 rings (SSSR count). The first-order valence-electron chi connectivity index (χ1n) is 15.2. The molecule has 0 saturated heterocycles. The minimum absolute atomic E-state index is 0.00459. The van der Waals surface area contributed by atoms with Gasteiger partial charge in [-0.05, 0) is 79.4 Å². The zero-order valence-electron chi connectivity index (χ0n) is 25.0. The van der Waals surface area contributed by atoms with Crippen LogP contribution < -0.4 is 9.47 Å². The molecule has 0 spiro atoms. The standard InChI is InChI=1S/C32H49N3O4/c1-21-12-15-32(20-37-4)23(16-21)11-10-22-8-7-9-26(31(2,3)14-13-25(22)32)28(36)19-35-27-17-24(38-5)18-29(39-6)30(27)33-34-35/h17-18,21-23,25-26H,7-16,19-20H2,1-6H3/t21-,22+,23?,25?,26+,32+/m0/s1. The van der Waals surface area contributed by atoms with Gasteiger partial charge in [0.15, 0.2) is 17.0 Å². The van der Waals surface area contributed by atoms with Gasteiger partial charge in [-0.1, -0.05) is 45.2 Å². The van der Waals surface area contributed by atoms with Crippen LogP contribution >= 0.6 is 0 Å². The second-order valence-corrected chi connectivity index (χ2v) is 13.6. The summed E-state index contributed by atoms with van der Waals surface area (Å²) in [6.07, 6.45) is 12.3. The maximum atomic E-state index is 14.0. The first kappa shape index (κ1) is 28.4. The summed E-state index contributed by atoms with van der Waals surface area (Å²) in [5.41, 5.74) is 1.68. The van der Waals surface area contributed by atoms with Crippen LogP contribution in [0.25, 0.3) is 11.0 Å². The SMILES string of the molecule is COC[C@]12CC[C@H](C)CC1CC[C@H]1CCC[C@H](C(=O)Cn3nnc4c(OC)cc(OC)cc43)C(C)(C)CCC12. The van der Waals surface area contributed by atoms with Gasteiger partial charge in [-0.3, -0.25) is 4.79 Å². The first-order valence-corrected chi connectivity index (χ1v) is 15.2. The fourth-order valence-corrected chi connectivity index (χ4v) is 8.91. The van der Waals surface area contributed by atoms with Crippen molar-refractivity contribution in [2.45, 2.75) is 91.5 Å². The van der Waals surface area contributed by atoms with E-state index in [0.29, 0.717) is 28.3 Å². The lowest BCUT2D eigenvalue weighted by Crippen LogP contribution is -2.51. The molecule has 2 aromatic rings. The van der Waals surface area contributed by atoms with E-state index in [4.69, 9.17) is 14.2 Å². The Hall–Kier alpha value is -2.15. The summed E-state index contributed by atoms with van der Waals surface area (Å²) in [5.74, 6) is 4.62. The Kier molecular flexibility index (Phi) is 8.28. The lowest BCUT2D eigenvalue weighted by molar-refractivity contribution is -0.128. The number of ether oxygens (including phenoxy) is 3. The van der Waals surface area contributed by atoms with E-state index in [1.54, 1.807) is 25.0 Å². The molecule has 1 aromatic carbocycles. The molecule has 0 amide bonds. The summed E-state index contributed by atoms with van der Waals surface area (Å²) in [5, 5.41) is 8.69. The topological polar surface area (TPSA) is 75.5 Å². The average Bonchev–Trinajstić information content (AvgIpc) is 3.34. The number of methoxy groups -OCH3 is 3. The quantitative estimate of drug-likeness (QED) is 0.389. The largest absolute Gasteiger partial charge is 0.497 e. The van der Waals surface area contributed by atoms with Crippen molar-refractivity contribution in [3.8, 4) is 11.5 Å². The van der Waals surface area contributed by atoms with E-state index >= 15 is 0 Å². The van der Waals surface area contributed by atoms with Crippen LogP contribution in [-0.2, 0) is 16.1 Å². The van der Waals surface area contributed by atoms with Crippen LogP contribution in [0.3, 0.4) is 0 Å². The summed E-state index contributed by atoms with van der Waals surface area (Å²) in [6, 6.07) is 3.69. The van der Waals surface area contributed by atoms with Gasteiger partial charge in [0.1, 0.15) is 12.3 Å². The Morgan fingerprint density at radius 2 is 1.85 bits per heavy atom. The molecule has 216 valence electrons. The maximum Gasteiger partial charge on any atom is 0.157 e. The molecule has 1 aromatic heterocycles. The summed E-state index contributed by atoms with van der Waals surface area (Å²) >= 11 is 0. The highest BCUT2D eigenvalue weighted by molar-refractivity contribution is 5.86. The van der Waals surface area contributed by atoms with E-state index in [9.17, 15) is 4.79 Å². The lowest BCUT2D eigenvalue weighted by atomic mass is 9.49. The van der Waals surface area contributed by atoms with Gasteiger partial charge in [0, 0.05) is 25.2 Å². The number of nitrogens with zero attached hydrogens (tertiary/aromatic N) is 3. The van der Waals surface area contributed by atoms with Crippen LogP contribution in [0.4, 0.5) is 0 Å². The van der Waals surface area contributed by atoms with Crippen LogP contribution in [-0.4, -0.2) is 48.7 Å². The van der Waals surface area contributed by atoms with Crippen molar-refractivity contribution in [3.05, 3.63) is 12.1 Å². The number of hydrogen-bond donors (Lipinski definition) is 0. The molecule has 2 unspecified atom stereocenters. The van der Waals surface area contributed by atoms with Crippen molar-refractivity contribution in [1.29, 1.82) is 0 Å². The zero-order chi connectivity index (χ0) is 27.8. The lowest BCUT2D eigenvalue weighted by Gasteiger charge is -2.57. The Balaban J connectivity index is 1.37. The first-order chi connectivity index (χ1) is 18.7. The van der Waals surface area contributed by atoms with Crippen LogP contribution in [0.2, 0.25) is 0 Å². The molecule has 6 atom stereocenters. The van der Waals surface area contributed by atoms with Gasteiger partial charge in [0.05, 0.1) is 26.3 Å². The number of carbonyl (C=O) groups excluding carboxylic acids is 1. The number of Topliss-reactive ketones (excluding diaryl/α,β-unsaturated/α-hetero) is 1. The number of aromatic nitrogens is 3. The van der Waals surface area contributed by atoms with E-state index in [-0.39, 0.29) is 23.7 Å². The van der Waals surface area contributed by atoms with Crippen molar-refractivity contribution in [2.75, 3.05) is 27.9 Å². The number of ketones is 1. The van der Waals surface area contributed by atoms with Crippen LogP contribution in [0, 0.1) is 40.4 Å². The minimum Gasteiger partial charge on any atom is -0.497 e. The number of benzene rings is 1. The third kappa shape index (κ3) is 5.32. The average molecular weight is 540 g/mol. The van der Waals surface area contributed by atoms with Gasteiger partial charge in [-0.25, -0.2) is 4.68 Å². The summed E-state index contributed by atoms with van der Waals surface area (Å²) in [4.78, 5) is 14.0. The highest BCUT2D eigenvalue weighted by atomic mass is 16.5. The molecular formula is C32H49N3O4. The van der Waals surface area contributed by atoms with Crippen molar-refractivity contribution in [3.63, 3.8) is 0 Å². The molecule has 7 nitrogen and oxygen atoms in total. The number of fused-ring (bicyclic) bond motifs is 4. The molecular weight excluding hydrogens is 490 g/mol. The van der Waals surface area contributed by atoms with Crippen LogP contribution in [0.1, 0.15) is 85.0 Å². The van der Waals surface area contributed by atoms with Gasteiger partial charge >= 0.3 is 0 Å². The van der Waals surface area contributed by atoms with Gasteiger partial charge < -0.3 is 14.2 Å². The number of carbonyl (C=O) groups is 1. The van der Waals surface area contributed by atoms with Gasteiger partial charge in [-0.2, -0.15) is 0 Å². The van der Waals surface area contributed by atoms with Gasteiger partial charge in [0.2, 0.25) is 0 Å². The van der Waals surface area contributed by atoms with E-state index in [1.165, 1.54) is 44.9 Å². The summed E-state index contributed by atoms with van der Waals surface area (Å²) in [6.45, 7) is 8.22. The molecule has 3 saturated carbocycles. The summed E-state index contributed by atoms with van der Waals surface area (Å²) in [7, 11) is 5.15. The molecule has 7 heteroatoms. The van der Waals surface area contributed by atoms with Gasteiger partial charge in [-0.15, -0.1) is 5.10 Å². The predicted molar refractivity (Wildman–Crippen MR) is 153 cm³/mol. The maximum absolute atomic E-state index is 14.0. The van der Waals surface area contributed by atoms with Crippen LogP contribution in [0.15, 0.2) is 12.1 Å². The highest BCUT2D eigenvalue weighted by Gasteiger charge is 2.53. The molecule has 39 heavy (non-hydrogen) atoms. The van der Waals surface area contributed by atoms with Crippen LogP contribution in [0.5, 0.6) is 11.5 Å². The summed E-state index contributed by atoms with van der Waals surface area (Å²) < 4.78 is 18.7. The zero-order valence-corrected chi connectivity index (χ0v) is 25.0. The second kappa shape index (κ2) is 11.4. The van der Waals surface area contributed by atoms with E-state index in [2.05, 4.69) is 31.1 Å². The second-order valence-electron chi connectivity index (χ2n) is 13.6. The third-order valence-corrected chi connectivity index (χ3v) is 11.0. The van der Waals surface area contributed by atoms with Crippen molar-refractivity contribution in [2.24, 2.45) is 40.4 Å². The predicted octanol–water partition coefficient (Wildman–Crippen LogP) is 6.72. The monoisotopic (exact) mass is 539 g/mol. The fraction of sp³-hybridized carbons (Fsp3) is 0.781. The van der Waals surface area contributed by atoms with Crippen molar-refractivity contribution >= 4 is 16.8 Å². The number of hydrogen-bond acceptors (Lipinski definition) is 6. The molecule has 0 radical (unpaired) electrons. The molecule has 0 bridgehead atoms. The molecule has 0 N–H and O–H groups in total. The molecule has 3 fully saturated rings. The molecule has 3 aliphatic rings. The highest BCUT2D eigenvalue weighted by Crippen LogP contribution is 2.60. The van der Waals surface area contributed by atoms with E-state index < -0.39 is 0 Å². The van der Waals surface area contributed by atoms with Gasteiger partial charge in [0.25, 0.3) is 0 Å². The molecule has 1 heterocycles. The fourth-order valence-electron chi connectivity index (χ4n) is 8.91. The Morgan fingerprint density at radius 3 is 2.59 bits per heavy atom. The Morgan fingerprint density at radius 1 is 1.03 bits per heavy atom. The molecule has 0 aliphatic heterocycles. The van der Waals surface area contributed by atoms with E-state index in [0.717, 1.165) is 49.1 Å².